The molecular formula is C21H27N3O2. The molecule has 0 spiro atoms. The van der Waals surface area contributed by atoms with Crippen LogP contribution in [0.2, 0.25) is 0 Å². The van der Waals surface area contributed by atoms with Crippen molar-refractivity contribution >= 4 is 23.7 Å². The third-order valence-electron chi connectivity index (χ3n) is 5.52. The third-order valence-corrected chi connectivity index (χ3v) is 5.52. The highest BCUT2D eigenvalue weighted by atomic mass is 16.2. The first-order valence-electron chi connectivity index (χ1n) is 9.07. The molecule has 0 aromatic carbocycles. The number of carbonyl (C=O) groups excluding carboxylic acids is 2. The van der Waals surface area contributed by atoms with Crippen LogP contribution in [0.3, 0.4) is 0 Å². The summed E-state index contributed by atoms with van der Waals surface area (Å²) < 4.78 is 0. The lowest BCUT2D eigenvalue weighted by Gasteiger charge is -2.16. The first-order chi connectivity index (χ1) is 12.1. The summed E-state index contributed by atoms with van der Waals surface area (Å²) in [6.07, 6.45) is 11.0. The zero-order valence-electron chi connectivity index (χ0n) is 14.5. The predicted octanol–water partition coefficient (Wildman–Crippen LogP) is 3.43. The maximum atomic E-state index is 12.5. The van der Waals surface area contributed by atoms with E-state index in [1.54, 1.807) is 17.8 Å². The summed E-state index contributed by atoms with van der Waals surface area (Å²) in [5.41, 5.74) is 3.47. The number of nitrogens with one attached hydrogen (secondary N) is 1. The minimum absolute atomic E-state index is 0. The van der Waals surface area contributed by atoms with Gasteiger partial charge in [-0.05, 0) is 54.4 Å². The summed E-state index contributed by atoms with van der Waals surface area (Å²) in [5, 5.41) is 2.77. The fraction of sp³-hybridized carbons (Fsp3) is 0.476. The Kier molecular flexibility index (Phi) is 5.25. The molecule has 2 unspecified atom stereocenters. The number of aromatic nitrogens is 1. The molecule has 3 heterocycles. The summed E-state index contributed by atoms with van der Waals surface area (Å²) in [7, 11) is 0. The average Bonchev–Trinajstić information content (AvgIpc) is 3.18. The molecule has 1 aliphatic carbocycles. The van der Waals surface area contributed by atoms with E-state index in [-0.39, 0.29) is 19.2 Å². The lowest BCUT2D eigenvalue weighted by molar-refractivity contribution is -0.125. The van der Waals surface area contributed by atoms with E-state index in [1.165, 1.54) is 0 Å². The number of hydrogen-bond donors (Lipinski definition) is 1. The number of fused-ring (bicyclic) bond motifs is 2. The number of anilines is 1. The molecule has 1 aromatic heterocycles. The Bertz CT molecular complexity index is 781. The van der Waals surface area contributed by atoms with Gasteiger partial charge in [0.2, 0.25) is 11.8 Å². The van der Waals surface area contributed by atoms with Crippen LogP contribution < -0.4 is 5.32 Å². The van der Waals surface area contributed by atoms with Gasteiger partial charge in [0.15, 0.2) is 0 Å². The van der Waals surface area contributed by atoms with Gasteiger partial charge in [0.05, 0.1) is 0 Å². The van der Waals surface area contributed by atoms with E-state index in [1.807, 2.05) is 17.0 Å². The molecule has 2 amide bonds. The number of aryl methyl sites for hydroxylation is 1. The lowest BCUT2D eigenvalue weighted by atomic mass is 10.00. The van der Waals surface area contributed by atoms with Crippen molar-refractivity contribution < 1.29 is 9.59 Å². The molecular weight excluding hydrogens is 326 g/mol. The fourth-order valence-electron chi connectivity index (χ4n) is 4.09. The van der Waals surface area contributed by atoms with Crippen molar-refractivity contribution in [1.82, 2.24) is 9.88 Å². The van der Waals surface area contributed by atoms with Gasteiger partial charge >= 0.3 is 0 Å². The number of amides is 2. The largest absolute Gasteiger partial charge is 0.338 e. The zero-order valence-corrected chi connectivity index (χ0v) is 14.5. The van der Waals surface area contributed by atoms with Crippen molar-refractivity contribution in [2.75, 3.05) is 18.4 Å². The van der Waals surface area contributed by atoms with E-state index >= 15 is 0 Å². The van der Waals surface area contributed by atoms with Crippen LogP contribution in [0.5, 0.6) is 0 Å². The number of likely N-dealkylation sites (tertiary alicyclic amines) is 1. The van der Waals surface area contributed by atoms with Gasteiger partial charge in [-0.25, -0.2) is 4.98 Å². The number of rotatable bonds is 3. The Morgan fingerprint density at radius 1 is 1.38 bits per heavy atom. The average molecular weight is 353 g/mol. The summed E-state index contributed by atoms with van der Waals surface area (Å²) in [4.78, 5) is 30.1. The quantitative estimate of drug-likeness (QED) is 0.669. The highest BCUT2D eigenvalue weighted by Crippen LogP contribution is 2.37. The molecule has 1 fully saturated rings. The Balaban J connectivity index is 0.00000196. The van der Waals surface area contributed by atoms with E-state index in [4.69, 9.17) is 0 Å². The van der Waals surface area contributed by atoms with Crippen LogP contribution in [0, 0.1) is 11.8 Å². The minimum atomic E-state index is 0. The van der Waals surface area contributed by atoms with Gasteiger partial charge in [-0.2, -0.15) is 0 Å². The molecule has 1 aromatic rings. The van der Waals surface area contributed by atoms with Gasteiger partial charge in [-0.3, -0.25) is 9.59 Å². The van der Waals surface area contributed by atoms with Crippen LogP contribution in [-0.2, 0) is 16.0 Å². The van der Waals surface area contributed by atoms with Crippen molar-refractivity contribution in [3.63, 3.8) is 0 Å². The summed E-state index contributed by atoms with van der Waals surface area (Å²) in [5.74, 6) is 1.89. The number of allylic oxidation sites excluding steroid dienone is 1. The van der Waals surface area contributed by atoms with Crippen LogP contribution in [0.4, 0.5) is 5.82 Å². The molecule has 2 aliphatic heterocycles. The Labute approximate surface area is 155 Å². The Morgan fingerprint density at radius 2 is 2.23 bits per heavy atom. The van der Waals surface area contributed by atoms with E-state index in [9.17, 15) is 9.59 Å². The smallest absolute Gasteiger partial charge is 0.246 e. The molecule has 26 heavy (non-hydrogen) atoms. The van der Waals surface area contributed by atoms with Crippen LogP contribution >= 0.6 is 0 Å². The Morgan fingerprint density at radius 3 is 3.00 bits per heavy atom. The molecule has 3 aliphatic rings. The maximum absolute atomic E-state index is 12.5. The third kappa shape index (κ3) is 3.57. The summed E-state index contributed by atoms with van der Waals surface area (Å²) in [6, 6.07) is 2.00. The van der Waals surface area contributed by atoms with E-state index < -0.39 is 0 Å². The number of hydrogen-bond acceptors (Lipinski definition) is 3. The van der Waals surface area contributed by atoms with Gasteiger partial charge in [0, 0.05) is 31.8 Å². The fourth-order valence-corrected chi connectivity index (χ4v) is 4.09. The van der Waals surface area contributed by atoms with Crippen LogP contribution in [0.25, 0.3) is 6.08 Å². The molecule has 5 heteroatoms. The van der Waals surface area contributed by atoms with Gasteiger partial charge in [0.1, 0.15) is 5.82 Å². The minimum Gasteiger partial charge on any atom is -0.338 e. The standard InChI is InChI=1S/C20H23N3O2.CH4/c1-2-13-7-16-11-23(12-17(16)8-13)19(25)6-3-14-9-15-4-5-18(24)22-20(15)21-10-14;/h3,6-7,9-10,16-17H,2,4-5,8,11-12H2,1H3,(H,21,22,24);1H4/b6-3+;. The molecule has 0 saturated carbocycles. The zero-order chi connectivity index (χ0) is 17.4. The second-order valence-electron chi connectivity index (χ2n) is 7.21. The first kappa shape index (κ1) is 18.4. The molecule has 138 valence electrons. The van der Waals surface area contributed by atoms with Crippen LogP contribution in [0.15, 0.2) is 30.0 Å². The molecule has 2 atom stereocenters. The van der Waals surface area contributed by atoms with Crippen LogP contribution in [0.1, 0.15) is 44.7 Å². The van der Waals surface area contributed by atoms with E-state index in [0.29, 0.717) is 30.5 Å². The number of pyridine rings is 1. The maximum Gasteiger partial charge on any atom is 0.246 e. The number of nitrogens with zero attached hydrogens (tertiary/aromatic N) is 2. The normalized spacial score (nSPS) is 24.0. The monoisotopic (exact) mass is 353 g/mol. The molecule has 0 radical (unpaired) electrons. The van der Waals surface area contributed by atoms with Crippen molar-refractivity contribution in [2.24, 2.45) is 11.8 Å². The summed E-state index contributed by atoms with van der Waals surface area (Å²) >= 11 is 0. The topological polar surface area (TPSA) is 62.3 Å². The lowest BCUT2D eigenvalue weighted by Crippen LogP contribution is -2.27. The second kappa shape index (κ2) is 7.44. The highest BCUT2D eigenvalue weighted by molar-refractivity contribution is 5.94. The number of carbonyl (C=O) groups is 2. The molecule has 0 bridgehead atoms. The van der Waals surface area contributed by atoms with Crippen molar-refractivity contribution in [1.29, 1.82) is 0 Å². The molecule has 5 nitrogen and oxygen atoms in total. The molecule has 4 rings (SSSR count). The van der Waals surface area contributed by atoms with E-state index in [2.05, 4.69) is 23.3 Å². The van der Waals surface area contributed by atoms with Crippen molar-refractivity contribution in [3.05, 3.63) is 41.1 Å². The summed E-state index contributed by atoms with van der Waals surface area (Å²) in [6.45, 7) is 3.91. The second-order valence-corrected chi connectivity index (χ2v) is 7.21. The SMILES string of the molecule is C.CCC1=CC2CN(C(=O)/C=C/c3cnc4c(c3)CCC(=O)N4)CC2C1. The highest BCUT2D eigenvalue weighted by Gasteiger charge is 2.36. The van der Waals surface area contributed by atoms with E-state index in [0.717, 1.165) is 37.1 Å². The van der Waals surface area contributed by atoms with Gasteiger partial charge < -0.3 is 10.2 Å². The first-order valence-corrected chi connectivity index (χ1v) is 9.07. The predicted molar refractivity (Wildman–Crippen MR) is 104 cm³/mol. The Hall–Kier alpha value is -2.43. The van der Waals surface area contributed by atoms with Crippen molar-refractivity contribution in [2.45, 2.75) is 40.0 Å². The van der Waals surface area contributed by atoms with Gasteiger partial charge in [-0.1, -0.05) is 26.0 Å². The van der Waals surface area contributed by atoms with Crippen molar-refractivity contribution in [3.8, 4) is 0 Å². The van der Waals surface area contributed by atoms with Gasteiger partial charge in [-0.15, -0.1) is 0 Å². The van der Waals surface area contributed by atoms with Gasteiger partial charge in [0.25, 0.3) is 0 Å². The molecule has 1 N–H and O–H groups in total. The van der Waals surface area contributed by atoms with Crippen LogP contribution in [-0.4, -0.2) is 34.8 Å². The molecule has 1 saturated heterocycles.